The molecule has 0 bridgehead atoms. The zero-order chi connectivity index (χ0) is 10.4. The molecule has 0 aromatic carbocycles. The largest absolute Gasteiger partial charge is 0.389 e. The predicted octanol–water partition coefficient (Wildman–Crippen LogP) is 1.16. The molecule has 0 aromatic heterocycles. The Bertz CT molecular complexity index is 130. The maximum Gasteiger partial charge on any atom is 0.0952 e. The highest BCUT2D eigenvalue weighted by Crippen LogP contribution is 2.19. The Morgan fingerprint density at radius 2 is 1.85 bits per heavy atom. The first-order chi connectivity index (χ1) is 6.15. The smallest absolute Gasteiger partial charge is 0.0952 e. The van der Waals surface area contributed by atoms with E-state index < -0.39 is 0 Å². The molecule has 4 unspecified atom stereocenters. The molecule has 1 fully saturated rings. The Balaban J connectivity index is 0.000000671. The molecule has 80 valence electrons. The standard InChI is InChI=1S/C8H17NO2.C2H6/c1-5-4-7(9-3)8(10)6(2)11-5;1-2/h5-10H,4H2,1-3H3;1-2H3. The quantitative estimate of drug-likeness (QED) is 0.650. The Hall–Kier alpha value is -0.120. The van der Waals surface area contributed by atoms with E-state index in [1.54, 1.807) is 0 Å². The minimum atomic E-state index is -0.365. The van der Waals surface area contributed by atoms with Gasteiger partial charge < -0.3 is 15.2 Å². The summed E-state index contributed by atoms with van der Waals surface area (Å²) >= 11 is 0. The van der Waals surface area contributed by atoms with E-state index in [9.17, 15) is 5.11 Å². The van der Waals surface area contributed by atoms with Gasteiger partial charge in [-0.1, -0.05) is 13.8 Å². The summed E-state index contributed by atoms with van der Waals surface area (Å²) in [6, 6.07) is 0.189. The second kappa shape index (κ2) is 6.35. The SMILES string of the molecule is CC.CNC1CC(C)OC(C)C1O. The fourth-order valence-corrected chi connectivity index (χ4v) is 1.62. The van der Waals surface area contributed by atoms with Gasteiger partial charge in [-0.05, 0) is 27.3 Å². The van der Waals surface area contributed by atoms with Crippen molar-refractivity contribution in [2.75, 3.05) is 7.05 Å². The van der Waals surface area contributed by atoms with Crippen LogP contribution in [0.2, 0.25) is 0 Å². The van der Waals surface area contributed by atoms with Crippen LogP contribution in [0.15, 0.2) is 0 Å². The number of ether oxygens (including phenoxy) is 1. The Kier molecular flexibility index (Phi) is 6.29. The molecule has 1 aliphatic heterocycles. The van der Waals surface area contributed by atoms with Crippen molar-refractivity contribution in [2.45, 2.75) is 58.5 Å². The zero-order valence-electron chi connectivity index (χ0n) is 9.37. The van der Waals surface area contributed by atoms with Crippen LogP contribution < -0.4 is 5.32 Å². The van der Waals surface area contributed by atoms with Gasteiger partial charge in [0.15, 0.2) is 0 Å². The van der Waals surface area contributed by atoms with Crippen LogP contribution in [0.3, 0.4) is 0 Å². The van der Waals surface area contributed by atoms with Gasteiger partial charge in [-0.25, -0.2) is 0 Å². The van der Waals surface area contributed by atoms with Crippen molar-refractivity contribution in [2.24, 2.45) is 0 Å². The first-order valence-electron chi connectivity index (χ1n) is 5.16. The van der Waals surface area contributed by atoms with E-state index >= 15 is 0 Å². The summed E-state index contributed by atoms with van der Waals surface area (Å²) in [6.45, 7) is 7.94. The summed E-state index contributed by atoms with van der Waals surface area (Å²) in [6.07, 6.45) is 0.736. The van der Waals surface area contributed by atoms with E-state index in [1.165, 1.54) is 0 Å². The molecule has 0 spiro atoms. The second-order valence-corrected chi connectivity index (χ2v) is 3.27. The van der Waals surface area contributed by atoms with Crippen LogP contribution in [0.4, 0.5) is 0 Å². The monoisotopic (exact) mass is 189 g/mol. The first kappa shape index (κ1) is 12.9. The minimum Gasteiger partial charge on any atom is -0.389 e. The van der Waals surface area contributed by atoms with Crippen LogP contribution in [0.5, 0.6) is 0 Å². The molecular formula is C10H23NO2. The number of hydrogen-bond acceptors (Lipinski definition) is 3. The molecular weight excluding hydrogens is 166 g/mol. The highest BCUT2D eigenvalue weighted by atomic mass is 16.5. The van der Waals surface area contributed by atoms with Gasteiger partial charge >= 0.3 is 0 Å². The first-order valence-corrected chi connectivity index (χ1v) is 5.16. The summed E-state index contributed by atoms with van der Waals surface area (Å²) in [7, 11) is 1.87. The number of nitrogens with one attached hydrogen (secondary N) is 1. The molecule has 4 atom stereocenters. The van der Waals surface area contributed by atoms with Crippen molar-refractivity contribution >= 4 is 0 Å². The lowest BCUT2D eigenvalue weighted by Crippen LogP contribution is -2.51. The maximum atomic E-state index is 9.57. The van der Waals surface area contributed by atoms with E-state index in [1.807, 2.05) is 34.7 Å². The predicted molar refractivity (Wildman–Crippen MR) is 54.8 cm³/mol. The fraction of sp³-hybridized carbons (Fsp3) is 1.00. The van der Waals surface area contributed by atoms with Crippen molar-refractivity contribution in [3.63, 3.8) is 0 Å². The van der Waals surface area contributed by atoms with Crippen molar-refractivity contribution in [3.8, 4) is 0 Å². The second-order valence-electron chi connectivity index (χ2n) is 3.27. The Morgan fingerprint density at radius 3 is 2.31 bits per heavy atom. The third-order valence-electron chi connectivity index (χ3n) is 2.30. The van der Waals surface area contributed by atoms with Crippen LogP contribution >= 0.6 is 0 Å². The van der Waals surface area contributed by atoms with Crippen LogP contribution in [0.1, 0.15) is 34.1 Å². The normalized spacial score (nSPS) is 39.2. The van der Waals surface area contributed by atoms with Gasteiger partial charge in [0.2, 0.25) is 0 Å². The lowest BCUT2D eigenvalue weighted by molar-refractivity contribution is -0.116. The van der Waals surface area contributed by atoms with Gasteiger partial charge in [0.1, 0.15) is 0 Å². The number of rotatable bonds is 1. The summed E-state index contributed by atoms with van der Waals surface area (Å²) in [4.78, 5) is 0. The molecule has 0 amide bonds. The molecule has 2 N–H and O–H groups in total. The van der Waals surface area contributed by atoms with Gasteiger partial charge in [-0.3, -0.25) is 0 Å². The van der Waals surface area contributed by atoms with Crippen molar-refractivity contribution < 1.29 is 9.84 Å². The maximum absolute atomic E-state index is 9.57. The molecule has 1 rings (SSSR count). The molecule has 13 heavy (non-hydrogen) atoms. The van der Waals surface area contributed by atoms with E-state index in [0.29, 0.717) is 0 Å². The zero-order valence-corrected chi connectivity index (χ0v) is 9.37. The number of aliphatic hydroxyl groups excluding tert-OH is 1. The van der Waals surface area contributed by atoms with Crippen molar-refractivity contribution in [1.29, 1.82) is 0 Å². The van der Waals surface area contributed by atoms with Crippen molar-refractivity contribution in [1.82, 2.24) is 5.32 Å². The molecule has 1 saturated heterocycles. The topological polar surface area (TPSA) is 41.5 Å². The Labute approximate surface area is 81.5 Å². The van der Waals surface area contributed by atoms with Gasteiger partial charge in [0.05, 0.1) is 18.3 Å². The number of hydrogen-bond donors (Lipinski definition) is 2. The average molecular weight is 189 g/mol. The molecule has 1 heterocycles. The Morgan fingerprint density at radius 1 is 1.31 bits per heavy atom. The van der Waals surface area contributed by atoms with Gasteiger partial charge in [-0.15, -0.1) is 0 Å². The summed E-state index contributed by atoms with van der Waals surface area (Å²) in [5.41, 5.74) is 0. The molecule has 0 aromatic rings. The van der Waals surface area contributed by atoms with Crippen molar-refractivity contribution in [3.05, 3.63) is 0 Å². The summed E-state index contributed by atoms with van der Waals surface area (Å²) < 4.78 is 5.44. The van der Waals surface area contributed by atoms with E-state index in [4.69, 9.17) is 4.74 Å². The molecule has 0 radical (unpaired) electrons. The summed E-state index contributed by atoms with van der Waals surface area (Å²) in [5, 5.41) is 12.7. The van der Waals surface area contributed by atoms with Gasteiger partial charge in [-0.2, -0.15) is 0 Å². The third kappa shape index (κ3) is 3.63. The van der Waals surface area contributed by atoms with Crippen LogP contribution in [0.25, 0.3) is 0 Å². The van der Waals surface area contributed by atoms with Crippen LogP contribution in [-0.2, 0) is 4.74 Å². The lowest BCUT2D eigenvalue weighted by Gasteiger charge is -2.36. The van der Waals surface area contributed by atoms with E-state index in [2.05, 4.69) is 5.32 Å². The fourth-order valence-electron chi connectivity index (χ4n) is 1.62. The molecule has 0 aliphatic carbocycles. The van der Waals surface area contributed by atoms with Crippen LogP contribution in [-0.4, -0.2) is 36.5 Å². The number of aliphatic hydroxyl groups is 1. The molecule has 0 saturated carbocycles. The van der Waals surface area contributed by atoms with E-state index in [0.717, 1.165) is 6.42 Å². The molecule has 3 heteroatoms. The molecule has 3 nitrogen and oxygen atoms in total. The minimum absolute atomic E-state index is 0.0452. The average Bonchev–Trinajstić information content (AvgIpc) is 2.14. The lowest BCUT2D eigenvalue weighted by atomic mass is 9.97. The third-order valence-corrected chi connectivity index (χ3v) is 2.30. The van der Waals surface area contributed by atoms with Gasteiger partial charge in [0.25, 0.3) is 0 Å². The van der Waals surface area contributed by atoms with Crippen LogP contribution in [0, 0.1) is 0 Å². The highest BCUT2D eigenvalue weighted by Gasteiger charge is 2.31. The van der Waals surface area contributed by atoms with Gasteiger partial charge in [0, 0.05) is 6.04 Å². The number of likely N-dealkylation sites (N-methyl/N-ethyl adjacent to an activating group) is 1. The highest BCUT2D eigenvalue weighted by molar-refractivity contribution is 4.85. The van der Waals surface area contributed by atoms with E-state index in [-0.39, 0.29) is 24.4 Å². The molecule has 1 aliphatic rings. The summed E-state index contributed by atoms with van der Waals surface area (Å²) in [5.74, 6) is 0.